The maximum atomic E-state index is 9.22. The predicted molar refractivity (Wildman–Crippen MR) is 75.7 cm³/mol. The van der Waals surface area contributed by atoms with Gasteiger partial charge in [0.2, 0.25) is 0 Å². The maximum absolute atomic E-state index is 9.22. The van der Waals surface area contributed by atoms with Crippen molar-refractivity contribution in [1.82, 2.24) is 9.97 Å². The highest BCUT2D eigenvalue weighted by molar-refractivity contribution is 6.60. The minimum Gasteiger partial charge on any atom is -0.491 e. The number of H-pyrrole nitrogens is 1. The molecule has 0 aliphatic rings. The van der Waals surface area contributed by atoms with Crippen LogP contribution >= 0.6 is 0 Å². The molecule has 1 heterocycles. The Morgan fingerprint density at radius 3 is 2.00 bits per heavy atom. The van der Waals surface area contributed by atoms with Gasteiger partial charge in [-0.05, 0) is 27.2 Å². The highest BCUT2D eigenvalue weighted by Gasteiger charge is 2.39. The molecular formula is C12H24N2O5Si. The van der Waals surface area contributed by atoms with Crippen LogP contribution in [0.4, 0.5) is 0 Å². The molecule has 0 aliphatic heterocycles. The van der Waals surface area contributed by atoms with Crippen LogP contribution in [0.3, 0.4) is 0 Å². The molecular weight excluding hydrogens is 280 g/mol. The molecule has 0 spiro atoms. The average Bonchev–Trinajstić information content (AvgIpc) is 2.69. The van der Waals surface area contributed by atoms with Gasteiger partial charge in [-0.15, -0.1) is 0 Å². The van der Waals surface area contributed by atoms with E-state index in [1.165, 1.54) is 0 Å². The van der Waals surface area contributed by atoms with Crippen LogP contribution in [0.25, 0.3) is 0 Å². The molecule has 0 amide bonds. The lowest BCUT2D eigenvalue weighted by Crippen LogP contribution is -2.46. The fourth-order valence-corrected chi connectivity index (χ4v) is 4.61. The number of aromatic nitrogens is 2. The fourth-order valence-electron chi connectivity index (χ4n) is 1.99. The van der Waals surface area contributed by atoms with Crippen molar-refractivity contribution in [3.8, 4) is 11.8 Å². The van der Waals surface area contributed by atoms with E-state index in [9.17, 15) is 10.2 Å². The Morgan fingerprint density at radius 2 is 1.60 bits per heavy atom. The third kappa shape index (κ3) is 4.78. The van der Waals surface area contributed by atoms with Crippen molar-refractivity contribution < 1.29 is 23.5 Å². The first-order chi connectivity index (χ1) is 9.56. The molecule has 0 aliphatic carbocycles. The van der Waals surface area contributed by atoms with Gasteiger partial charge in [-0.3, -0.25) is 0 Å². The smallest absolute Gasteiger partial charge is 0.491 e. The molecule has 1 aromatic heterocycles. The molecule has 7 nitrogen and oxygen atoms in total. The molecule has 0 atom stereocenters. The summed E-state index contributed by atoms with van der Waals surface area (Å²) >= 11 is 0. The molecule has 0 aromatic carbocycles. The van der Waals surface area contributed by atoms with Gasteiger partial charge in [0.1, 0.15) is 5.82 Å². The molecule has 0 saturated carbocycles. The van der Waals surface area contributed by atoms with E-state index in [4.69, 9.17) is 13.3 Å². The quantitative estimate of drug-likeness (QED) is 0.570. The topological polar surface area (TPSA) is 96.8 Å². The molecule has 8 heteroatoms. The van der Waals surface area contributed by atoms with E-state index in [0.717, 1.165) is 6.42 Å². The fraction of sp³-hybridized carbons (Fsp3) is 0.750. The van der Waals surface area contributed by atoms with Gasteiger partial charge >= 0.3 is 8.80 Å². The molecule has 1 aromatic rings. The molecule has 0 bridgehead atoms. The van der Waals surface area contributed by atoms with Crippen LogP contribution in [0.15, 0.2) is 0 Å². The predicted octanol–water partition coefficient (Wildman–Crippen LogP) is 1.80. The van der Waals surface area contributed by atoms with Gasteiger partial charge in [0, 0.05) is 32.3 Å². The summed E-state index contributed by atoms with van der Waals surface area (Å²) in [4.78, 5) is 6.42. The van der Waals surface area contributed by atoms with Crippen molar-refractivity contribution in [3.63, 3.8) is 0 Å². The Labute approximate surface area is 120 Å². The van der Waals surface area contributed by atoms with Gasteiger partial charge in [-0.1, -0.05) is 0 Å². The SMILES string of the molecule is CCO[Si](CCCc1nc(O)c(O)[nH]1)(OCC)OCC. The Morgan fingerprint density at radius 1 is 1.05 bits per heavy atom. The molecule has 20 heavy (non-hydrogen) atoms. The summed E-state index contributed by atoms with van der Waals surface area (Å²) in [6.07, 6.45) is 1.31. The number of aryl methyl sites for hydroxylation is 1. The standard InChI is InChI=1S/C12H24N2O5Si/c1-4-17-20(18-5-2,19-6-3)9-7-8-10-13-11(15)12(16)14-10/h15-16H,4-9H2,1-3H3,(H,13,14). The summed E-state index contributed by atoms with van der Waals surface area (Å²) in [5.74, 6) is -0.140. The molecule has 116 valence electrons. The van der Waals surface area contributed by atoms with E-state index >= 15 is 0 Å². The lowest BCUT2D eigenvalue weighted by Gasteiger charge is -2.28. The Bertz CT molecular complexity index is 363. The minimum absolute atomic E-state index is 0.303. The third-order valence-corrected chi connectivity index (χ3v) is 5.86. The van der Waals surface area contributed by atoms with E-state index in [0.29, 0.717) is 38.1 Å². The summed E-state index contributed by atoms with van der Waals surface area (Å²) < 4.78 is 17.2. The van der Waals surface area contributed by atoms with E-state index in [2.05, 4.69) is 9.97 Å². The first kappa shape index (κ1) is 17.0. The average molecular weight is 304 g/mol. The number of imidazole rings is 1. The van der Waals surface area contributed by atoms with Crippen molar-refractivity contribution >= 4 is 8.80 Å². The lowest BCUT2D eigenvalue weighted by atomic mass is 10.3. The summed E-state index contributed by atoms with van der Waals surface area (Å²) in [5.41, 5.74) is 0. The summed E-state index contributed by atoms with van der Waals surface area (Å²) in [7, 11) is -2.62. The first-order valence-electron chi connectivity index (χ1n) is 6.95. The number of rotatable bonds is 10. The van der Waals surface area contributed by atoms with Gasteiger partial charge in [-0.2, -0.15) is 4.98 Å². The van der Waals surface area contributed by atoms with Gasteiger partial charge in [0.25, 0.3) is 11.8 Å². The summed E-state index contributed by atoms with van der Waals surface area (Å²) in [6.45, 7) is 7.41. The van der Waals surface area contributed by atoms with Crippen molar-refractivity contribution in [2.45, 2.75) is 39.7 Å². The molecule has 3 N–H and O–H groups in total. The second kappa shape index (κ2) is 8.25. The number of nitrogens with zero attached hydrogens (tertiary/aromatic N) is 1. The van der Waals surface area contributed by atoms with Gasteiger partial charge < -0.3 is 28.5 Å². The normalized spacial score (nSPS) is 11.9. The molecule has 0 radical (unpaired) electrons. The zero-order chi connectivity index (χ0) is 15.0. The monoisotopic (exact) mass is 304 g/mol. The van der Waals surface area contributed by atoms with Crippen molar-refractivity contribution in [2.24, 2.45) is 0 Å². The molecule has 0 fully saturated rings. The first-order valence-corrected chi connectivity index (χ1v) is 8.88. The van der Waals surface area contributed by atoms with E-state index in [-0.39, 0.29) is 11.8 Å². The van der Waals surface area contributed by atoms with Crippen LogP contribution in [-0.4, -0.2) is 48.8 Å². The number of hydrogen-bond acceptors (Lipinski definition) is 6. The number of aromatic hydroxyl groups is 2. The second-order valence-corrected chi connectivity index (χ2v) is 6.92. The largest absolute Gasteiger partial charge is 0.500 e. The molecule has 1 rings (SSSR count). The molecule has 0 saturated heterocycles. The summed E-state index contributed by atoms with van der Waals surface area (Å²) in [6, 6.07) is 0.671. The van der Waals surface area contributed by atoms with E-state index < -0.39 is 8.80 Å². The van der Waals surface area contributed by atoms with E-state index in [1.807, 2.05) is 20.8 Å². The number of hydrogen-bond donors (Lipinski definition) is 3. The Kier molecular flexibility index (Phi) is 7.00. The zero-order valence-corrected chi connectivity index (χ0v) is 13.3. The van der Waals surface area contributed by atoms with Gasteiger partial charge in [0.05, 0.1) is 0 Å². The Balaban J connectivity index is 2.56. The van der Waals surface area contributed by atoms with Gasteiger partial charge in [-0.25, -0.2) is 0 Å². The highest BCUT2D eigenvalue weighted by atomic mass is 28.4. The summed E-state index contributed by atoms with van der Waals surface area (Å²) in [5, 5.41) is 18.4. The van der Waals surface area contributed by atoms with Crippen molar-refractivity contribution in [1.29, 1.82) is 0 Å². The number of nitrogens with one attached hydrogen (secondary N) is 1. The van der Waals surface area contributed by atoms with E-state index in [1.54, 1.807) is 0 Å². The van der Waals surface area contributed by atoms with Gasteiger partial charge in [0.15, 0.2) is 0 Å². The highest BCUT2D eigenvalue weighted by Crippen LogP contribution is 2.23. The third-order valence-electron chi connectivity index (χ3n) is 2.70. The Hall–Kier alpha value is -1.09. The second-order valence-electron chi connectivity index (χ2n) is 4.19. The van der Waals surface area contributed by atoms with Crippen LogP contribution in [-0.2, 0) is 19.7 Å². The van der Waals surface area contributed by atoms with Crippen LogP contribution in [0.2, 0.25) is 6.04 Å². The lowest BCUT2D eigenvalue weighted by molar-refractivity contribution is 0.0708. The van der Waals surface area contributed by atoms with Crippen LogP contribution < -0.4 is 0 Å². The zero-order valence-electron chi connectivity index (χ0n) is 12.3. The minimum atomic E-state index is -2.62. The number of aromatic amines is 1. The van der Waals surface area contributed by atoms with Crippen molar-refractivity contribution in [3.05, 3.63) is 5.82 Å². The van der Waals surface area contributed by atoms with Crippen LogP contribution in [0.1, 0.15) is 33.0 Å². The van der Waals surface area contributed by atoms with Crippen molar-refractivity contribution in [2.75, 3.05) is 19.8 Å². The van der Waals surface area contributed by atoms with Crippen LogP contribution in [0, 0.1) is 0 Å². The van der Waals surface area contributed by atoms with Crippen LogP contribution in [0.5, 0.6) is 11.8 Å². The maximum Gasteiger partial charge on any atom is 0.500 e. The molecule has 0 unspecified atom stereocenters.